The van der Waals surface area contributed by atoms with Crippen LogP contribution >= 0.6 is 11.8 Å². The summed E-state index contributed by atoms with van der Waals surface area (Å²) in [5.74, 6) is 1.55. The van der Waals surface area contributed by atoms with Crippen LogP contribution < -0.4 is 4.74 Å². The van der Waals surface area contributed by atoms with Crippen molar-refractivity contribution >= 4 is 23.3 Å². The molecule has 1 N–H and O–H groups in total. The molecule has 2 aromatic carbocycles. The predicted molar refractivity (Wildman–Crippen MR) is 127 cm³/mol. The number of allylic oxidation sites excluding steroid dienone is 2. The van der Waals surface area contributed by atoms with Crippen molar-refractivity contribution in [2.75, 3.05) is 12.9 Å². The molecule has 1 aliphatic carbocycles. The van der Waals surface area contributed by atoms with Gasteiger partial charge in [0, 0.05) is 28.9 Å². The molecule has 166 valence electrons. The molecule has 0 bridgehead atoms. The monoisotopic (exact) mass is 449 g/mol. The Morgan fingerprint density at radius 2 is 2.00 bits per heavy atom. The van der Waals surface area contributed by atoms with Crippen molar-refractivity contribution in [2.24, 2.45) is 0 Å². The van der Waals surface area contributed by atoms with Gasteiger partial charge in [-0.2, -0.15) is 0 Å². The number of nitrogens with zero attached hydrogens (tertiary/aromatic N) is 1. The number of rotatable bonds is 9. The van der Waals surface area contributed by atoms with E-state index in [0.717, 1.165) is 46.7 Å². The number of carboxylic acids is 1. The first-order valence-corrected chi connectivity index (χ1v) is 12.0. The highest BCUT2D eigenvalue weighted by molar-refractivity contribution is 7.98. The Labute approximate surface area is 192 Å². The van der Waals surface area contributed by atoms with Crippen LogP contribution in [-0.2, 0) is 17.6 Å². The summed E-state index contributed by atoms with van der Waals surface area (Å²) in [5.41, 5.74) is 5.26. The molecule has 0 unspecified atom stereocenters. The number of hydrogen-bond donors (Lipinski definition) is 1. The minimum atomic E-state index is -0.770. The summed E-state index contributed by atoms with van der Waals surface area (Å²) in [5, 5.41) is 9.03. The Morgan fingerprint density at radius 1 is 1.19 bits per heavy atom. The number of carbonyl (C=O) groups is 1. The molecule has 1 aromatic heterocycles. The second-order valence-corrected chi connectivity index (χ2v) is 8.67. The number of hydrogen-bond acceptors (Lipinski definition) is 5. The van der Waals surface area contributed by atoms with Gasteiger partial charge in [0.25, 0.3) is 0 Å². The van der Waals surface area contributed by atoms with Gasteiger partial charge < -0.3 is 14.3 Å². The van der Waals surface area contributed by atoms with Crippen LogP contribution in [0, 0.1) is 6.92 Å². The van der Waals surface area contributed by atoms with Gasteiger partial charge in [0.2, 0.25) is 5.89 Å². The second-order valence-electron chi connectivity index (χ2n) is 7.79. The lowest BCUT2D eigenvalue weighted by atomic mass is 9.88. The van der Waals surface area contributed by atoms with E-state index in [4.69, 9.17) is 14.3 Å². The molecule has 0 atom stereocenters. The van der Waals surface area contributed by atoms with Crippen LogP contribution in [0.1, 0.15) is 41.8 Å². The van der Waals surface area contributed by atoms with Gasteiger partial charge in [-0.05, 0) is 73.9 Å². The lowest BCUT2D eigenvalue weighted by Crippen LogP contribution is -2.08. The Morgan fingerprint density at radius 3 is 2.75 bits per heavy atom. The fourth-order valence-corrected chi connectivity index (χ4v) is 4.42. The van der Waals surface area contributed by atoms with Crippen LogP contribution in [0.2, 0.25) is 0 Å². The number of thioether (sulfide) groups is 1. The van der Waals surface area contributed by atoms with Crippen molar-refractivity contribution in [2.45, 2.75) is 43.9 Å². The van der Waals surface area contributed by atoms with Gasteiger partial charge in [-0.3, -0.25) is 4.79 Å². The Kier molecular flexibility index (Phi) is 7.00. The van der Waals surface area contributed by atoms with Gasteiger partial charge >= 0.3 is 5.97 Å². The molecule has 1 aliphatic rings. The zero-order chi connectivity index (χ0) is 22.5. The highest BCUT2D eigenvalue weighted by atomic mass is 32.2. The fraction of sp³-hybridized carbons (Fsp3) is 0.308. The molecular weight excluding hydrogens is 422 g/mol. The lowest BCUT2D eigenvalue weighted by molar-refractivity contribution is -0.136. The zero-order valence-electron chi connectivity index (χ0n) is 18.4. The lowest BCUT2D eigenvalue weighted by Gasteiger charge is -2.20. The average molecular weight is 450 g/mol. The first-order chi connectivity index (χ1) is 15.5. The molecule has 0 aliphatic heterocycles. The molecular formula is C26H27NO4S. The van der Waals surface area contributed by atoms with E-state index < -0.39 is 5.97 Å². The van der Waals surface area contributed by atoms with Gasteiger partial charge in [0.1, 0.15) is 11.5 Å². The Bertz CT molecular complexity index is 1130. The van der Waals surface area contributed by atoms with Gasteiger partial charge in [-0.15, -0.1) is 11.8 Å². The van der Waals surface area contributed by atoms with Gasteiger partial charge in [0.15, 0.2) is 0 Å². The first-order valence-electron chi connectivity index (χ1n) is 10.8. The highest BCUT2D eigenvalue weighted by Crippen LogP contribution is 2.35. The minimum absolute atomic E-state index is 0.143. The summed E-state index contributed by atoms with van der Waals surface area (Å²) in [6.45, 7) is 2.44. The maximum atomic E-state index is 11.0. The van der Waals surface area contributed by atoms with E-state index >= 15 is 0 Å². The first kappa shape index (κ1) is 22.2. The van der Waals surface area contributed by atoms with Crippen LogP contribution in [0.5, 0.6) is 5.75 Å². The average Bonchev–Trinajstić information content (AvgIpc) is 3.18. The molecule has 32 heavy (non-hydrogen) atoms. The van der Waals surface area contributed by atoms with Crippen molar-refractivity contribution in [3.8, 4) is 17.2 Å². The Balaban J connectivity index is 1.42. The van der Waals surface area contributed by atoms with Crippen molar-refractivity contribution in [3.05, 3.63) is 71.1 Å². The Hall–Kier alpha value is -2.99. The van der Waals surface area contributed by atoms with E-state index in [0.29, 0.717) is 25.3 Å². The molecule has 0 radical (unpaired) electrons. The van der Waals surface area contributed by atoms with E-state index in [-0.39, 0.29) is 6.42 Å². The van der Waals surface area contributed by atoms with Gasteiger partial charge in [-0.25, -0.2) is 4.98 Å². The maximum absolute atomic E-state index is 11.0. The molecule has 5 nitrogen and oxygen atoms in total. The molecule has 4 rings (SSSR count). The number of fused-ring (bicyclic) bond motifs is 1. The summed E-state index contributed by atoms with van der Waals surface area (Å²) in [7, 11) is 0. The number of oxazole rings is 1. The van der Waals surface area contributed by atoms with Gasteiger partial charge in [0.05, 0.1) is 12.3 Å². The van der Waals surface area contributed by atoms with Crippen LogP contribution in [-0.4, -0.2) is 28.9 Å². The normalized spacial score (nSPS) is 12.9. The zero-order valence-corrected chi connectivity index (χ0v) is 19.2. The van der Waals surface area contributed by atoms with E-state index in [9.17, 15) is 4.79 Å². The third-order valence-corrected chi connectivity index (χ3v) is 6.44. The topological polar surface area (TPSA) is 72.6 Å². The minimum Gasteiger partial charge on any atom is -0.493 e. The van der Waals surface area contributed by atoms with E-state index in [2.05, 4.69) is 35.5 Å². The van der Waals surface area contributed by atoms with E-state index in [1.54, 1.807) is 11.8 Å². The number of ether oxygens (including phenoxy) is 1. The van der Waals surface area contributed by atoms with Crippen molar-refractivity contribution in [1.82, 2.24) is 4.98 Å². The highest BCUT2D eigenvalue weighted by Gasteiger charge is 2.18. The number of aliphatic carboxylic acids is 1. The molecule has 3 aromatic rings. The van der Waals surface area contributed by atoms with Crippen molar-refractivity contribution < 1.29 is 19.1 Å². The standard InChI is InChI=1S/C26H27NO4S/c1-17-23(27-26(31-17)19-9-12-20(32-2)13-10-19)15-16-30-24-8-4-6-21-18(11-14-25(28)29)5-3-7-22(21)24/h4-6,8-10,12-13H,3,7,11,14-16H2,1-2H3,(H,28,29). The van der Waals surface area contributed by atoms with E-state index in [1.165, 1.54) is 10.5 Å². The molecule has 0 spiro atoms. The summed E-state index contributed by atoms with van der Waals surface area (Å²) in [6.07, 6.45) is 7.36. The molecule has 0 saturated heterocycles. The van der Waals surface area contributed by atoms with Gasteiger partial charge in [-0.1, -0.05) is 18.2 Å². The van der Waals surface area contributed by atoms with Crippen LogP contribution in [0.4, 0.5) is 0 Å². The van der Waals surface area contributed by atoms with Crippen LogP contribution in [0.25, 0.3) is 17.0 Å². The SMILES string of the molecule is CSc1ccc(-c2nc(CCOc3cccc4c3CCC=C4CCC(=O)O)c(C)o2)cc1. The third-order valence-electron chi connectivity index (χ3n) is 5.70. The maximum Gasteiger partial charge on any atom is 0.303 e. The predicted octanol–water partition coefficient (Wildman–Crippen LogP) is 6.19. The fourth-order valence-electron chi connectivity index (χ4n) is 4.01. The number of carboxylic acid groups (broad SMARTS) is 1. The second kappa shape index (κ2) is 10.1. The number of aromatic nitrogens is 1. The molecule has 6 heteroatoms. The number of benzene rings is 2. The van der Waals surface area contributed by atoms with Crippen molar-refractivity contribution in [3.63, 3.8) is 0 Å². The summed E-state index contributed by atoms with van der Waals surface area (Å²) >= 11 is 1.71. The summed E-state index contributed by atoms with van der Waals surface area (Å²) < 4.78 is 12.1. The molecule has 0 fully saturated rings. The molecule has 0 amide bonds. The third kappa shape index (κ3) is 5.07. The van der Waals surface area contributed by atoms with Crippen LogP contribution in [0.3, 0.4) is 0 Å². The van der Waals surface area contributed by atoms with E-state index in [1.807, 2.05) is 31.2 Å². The van der Waals surface area contributed by atoms with Crippen LogP contribution in [0.15, 0.2) is 57.9 Å². The quantitative estimate of drug-likeness (QED) is 0.393. The number of aryl methyl sites for hydroxylation is 1. The summed E-state index contributed by atoms with van der Waals surface area (Å²) in [6, 6.07) is 14.2. The summed E-state index contributed by atoms with van der Waals surface area (Å²) in [4.78, 5) is 16.9. The largest absolute Gasteiger partial charge is 0.493 e. The van der Waals surface area contributed by atoms with Crippen molar-refractivity contribution in [1.29, 1.82) is 0 Å². The molecule has 1 heterocycles. The molecule has 0 saturated carbocycles. The smallest absolute Gasteiger partial charge is 0.303 e.